The molecule has 1 saturated heterocycles. The Morgan fingerprint density at radius 3 is 2.54 bits per heavy atom. The fourth-order valence-electron chi connectivity index (χ4n) is 4.08. The normalized spacial score (nSPS) is 23.9. The third-order valence-corrected chi connectivity index (χ3v) is 5.12. The Kier molecular flexibility index (Phi) is 3.99. The van der Waals surface area contributed by atoms with Crippen LogP contribution in [0.2, 0.25) is 0 Å². The minimum absolute atomic E-state index is 0.112. The third-order valence-electron chi connectivity index (χ3n) is 5.12. The second-order valence-corrected chi connectivity index (χ2v) is 6.67. The lowest BCUT2D eigenvalue weighted by molar-refractivity contribution is -0.129. The van der Waals surface area contributed by atoms with Crippen molar-refractivity contribution in [1.29, 1.82) is 0 Å². The summed E-state index contributed by atoms with van der Waals surface area (Å²) in [5.74, 6) is -0.979. The topological polar surface area (TPSA) is 52.7 Å². The Morgan fingerprint density at radius 1 is 1.15 bits per heavy atom. The number of Topliss-reactive ketones (excluding diaryl/α,β-unsaturated/α-hetero) is 1. The van der Waals surface area contributed by atoms with E-state index in [2.05, 4.69) is 16.8 Å². The molecule has 1 fully saturated rings. The van der Waals surface area contributed by atoms with Crippen LogP contribution in [0.3, 0.4) is 0 Å². The molecule has 0 aliphatic carbocycles. The molecule has 4 rings (SSSR count). The first-order chi connectivity index (χ1) is 12.6. The first kappa shape index (κ1) is 16.4. The first-order valence-corrected chi connectivity index (χ1v) is 8.75. The number of nitrogens with zero attached hydrogens (tertiary/aromatic N) is 2. The molecule has 2 aromatic rings. The molecule has 5 heteroatoms. The molecular weight excluding hydrogens is 326 g/mol. The Hall–Kier alpha value is -3.08. The summed E-state index contributed by atoms with van der Waals surface area (Å²) in [4.78, 5) is 29.5. The van der Waals surface area contributed by atoms with Gasteiger partial charge in [0, 0.05) is 12.2 Å². The molecular formula is C21H21N3O2. The van der Waals surface area contributed by atoms with Crippen molar-refractivity contribution in [2.24, 2.45) is 5.92 Å². The summed E-state index contributed by atoms with van der Waals surface area (Å²) in [6, 6.07) is 17.2. The van der Waals surface area contributed by atoms with Gasteiger partial charge in [-0.15, -0.1) is 6.58 Å². The molecule has 0 unspecified atom stereocenters. The van der Waals surface area contributed by atoms with Gasteiger partial charge in [-0.2, -0.15) is 0 Å². The number of fused-ring (bicyclic) bond motifs is 2. The number of anilines is 3. The quantitative estimate of drug-likeness (QED) is 0.682. The van der Waals surface area contributed by atoms with Crippen LogP contribution in [0.5, 0.6) is 0 Å². The van der Waals surface area contributed by atoms with E-state index in [1.807, 2.05) is 60.7 Å². The number of rotatable bonds is 4. The van der Waals surface area contributed by atoms with Crippen molar-refractivity contribution in [2.75, 3.05) is 21.7 Å². The molecule has 0 spiro atoms. The average Bonchev–Trinajstić information content (AvgIpc) is 2.94. The molecule has 2 aliphatic rings. The molecule has 0 bridgehead atoms. The van der Waals surface area contributed by atoms with Gasteiger partial charge in [-0.3, -0.25) is 14.5 Å². The van der Waals surface area contributed by atoms with Gasteiger partial charge in [-0.25, -0.2) is 0 Å². The summed E-state index contributed by atoms with van der Waals surface area (Å²) in [7, 11) is 0. The third kappa shape index (κ3) is 2.39. The number of nitrogens with one attached hydrogen (secondary N) is 1. The van der Waals surface area contributed by atoms with E-state index in [9.17, 15) is 9.59 Å². The van der Waals surface area contributed by atoms with Crippen LogP contribution in [0.25, 0.3) is 0 Å². The van der Waals surface area contributed by atoms with E-state index in [1.54, 1.807) is 4.90 Å². The molecule has 5 nitrogen and oxygen atoms in total. The molecule has 132 valence electrons. The predicted octanol–water partition coefficient (Wildman–Crippen LogP) is 3.05. The first-order valence-electron chi connectivity index (χ1n) is 8.75. The maximum absolute atomic E-state index is 13.2. The van der Waals surface area contributed by atoms with Gasteiger partial charge in [0.2, 0.25) is 5.91 Å². The molecule has 0 saturated carbocycles. The van der Waals surface area contributed by atoms with Gasteiger partial charge in [0.25, 0.3) is 0 Å². The monoisotopic (exact) mass is 347 g/mol. The molecule has 3 atom stereocenters. The van der Waals surface area contributed by atoms with E-state index in [0.717, 1.165) is 17.1 Å². The fraction of sp³-hybridized carbons (Fsp3) is 0.238. The van der Waals surface area contributed by atoms with E-state index < -0.39 is 5.92 Å². The van der Waals surface area contributed by atoms with E-state index in [0.29, 0.717) is 6.54 Å². The van der Waals surface area contributed by atoms with Crippen molar-refractivity contribution >= 4 is 28.8 Å². The number of carbonyl (C=O) groups is 2. The molecule has 0 radical (unpaired) electrons. The van der Waals surface area contributed by atoms with Gasteiger partial charge in [0.1, 0.15) is 17.9 Å². The standard InChI is InChI=1S/C21H21N3O2/c1-3-13-23-17-12-8-7-11-16(17)22-20-19(23)18(14(2)25)21(26)24(20)15-9-5-4-6-10-15/h3-12,18-20,22H,1,13H2,2H3/t18-,19+,20+/m1/s1. The zero-order valence-corrected chi connectivity index (χ0v) is 14.6. The number of hydrogen-bond acceptors (Lipinski definition) is 4. The van der Waals surface area contributed by atoms with E-state index in [1.165, 1.54) is 6.92 Å². The van der Waals surface area contributed by atoms with Crippen LogP contribution in [-0.2, 0) is 9.59 Å². The molecule has 1 amide bonds. The Labute approximate surface area is 152 Å². The lowest BCUT2D eigenvalue weighted by Crippen LogP contribution is -2.55. The Balaban J connectivity index is 1.87. The maximum atomic E-state index is 13.2. The van der Waals surface area contributed by atoms with Gasteiger partial charge in [0.05, 0.1) is 17.4 Å². The fourth-order valence-corrected chi connectivity index (χ4v) is 4.08. The second-order valence-electron chi connectivity index (χ2n) is 6.67. The van der Waals surface area contributed by atoms with Crippen LogP contribution in [0.1, 0.15) is 6.92 Å². The summed E-state index contributed by atoms with van der Waals surface area (Å²) < 4.78 is 0. The number of benzene rings is 2. The minimum atomic E-state index is -0.707. The predicted molar refractivity (Wildman–Crippen MR) is 103 cm³/mol. The van der Waals surface area contributed by atoms with Crippen LogP contribution in [-0.4, -0.2) is 30.4 Å². The van der Waals surface area contributed by atoms with Gasteiger partial charge < -0.3 is 10.2 Å². The van der Waals surface area contributed by atoms with Crippen molar-refractivity contribution in [1.82, 2.24) is 0 Å². The average molecular weight is 347 g/mol. The zero-order chi connectivity index (χ0) is 18.3. The number of amides is 1. The highest BCUT2D eigenvalue weighted by Crippen LogP contribution is 2.43. The van der Waals surface area contributed by atoms with Crippen molar-refractivity contribution in [3.63, 3.8) is 0 Å². The van der Waals surface area contributed by atoms with Crippen molar-refractivity contribution in [3.8, 4) is 0 Å². The van der Waals surface area contributed by atoms with E-state index in [4.69, 9.17) is 0 Å². The highest BCUT2D eigenvalue weighted by Gasteiger charge is 2.55. The van der Waals surface area contributed by atoms with Gasteiger partial charge >= 0.3 is 0 Å². The lowest BCUT2D eigenvalue weighted by atomic mass is 9.93. The number of hydrogen-bond donors (Lipinski definition) is 1. The Morgan fingerprint density at radius 2 is 1.85 bits per heavy atom. The smallest absolute Gasteiger partial charge is 0.241 e. The van der Waals surface area contributed by atoms with Crippen molar-refractivity contribution in [3.05, 3.63) is 67.3 Å². The highest BCUT2D eigenvalue weighted by molar-refractivity contribution is 6.12. The molecule has 2 aromatic carbocycles. The second kappa shape index (κ2) is 6.33. The summed E-state index contributed by atoms with van der Waals surface area (Å²) in [5, 5.41) is 3.49. The number of para-hydroxylation sites is 3. The van der Waals surface area contributed by atoms with Gasteiger partial charge in [-0.1, -0.05) is 36.4 Å². The summed E-state index contributed by atoms with van der Waals surface area (Å²) in [5.41, 5.74) is 2.73. The minimum Gasteiger partial charge on any atom is -0.361 e. The summed E-state index contributed by atoms with van der Waals surface area (Å²) in [6.07, 6.45) is 1.50. The van der Waals surface area contributed by atoms with Crippen LogP contribution in [0.4, 0.5) is 17.1 Å². The largest absolute Gasteiger partial charge is 0.361 e. The van der Waals surface area contributed by atoms with Gasteiger partial charge in [0.15, 0.2) is 0 Å². The molecule has 26 heavy (non-hydrogen) atoms. The van der Waals surface area contributed by atoms with Crippen molar-refractivity contribution < 1.29 is 9.59 Å². The SMILES string of the molecule is C=CCN1c2ccccc2N[C@@H]2[C@@H]1[C@@H](C(C)=O)C(=O)N2c1ccccc1. The van der Waals surface area contributed by atoms with Crippen molar-refractivity contribution in [2.45, 2.75) is 19.1 Å². The van der Waals surface area contributed by atoms with Crippen LogP contribution >= 0.6 is 0 Å². The Bertz CT molecular complexity index is 865. The van der Waals surface area contributed by atoms with Crippen LogP contribution < -0.4 is 15.1 Å². The zero-order valence-electron chi connectivity index (χ0n) is 14.6. The molecule has 2 aliphatic heterocycles. The summed E-state index contributed by atoms with van der Waals surface area (Å²) >= 11 is 0. The summed E-state index contributed by atoms with van der Waals surface area (Å²) in [6.45, 7) is 5.93. The van der Waals surface area contributed by atoms with Gasteiger partial charge in [-0.05, 0) is 31.2 Å². The lowest BCUT2D eigenvalue weighted by Gasteiger charge is -2.43. The molecule has 2 heterocycles. The number of ketones is 1. The van der Waals surface area contributed by atoms with Crippen LogP contribution in [0.15, 0.2) is 67.3 Å². The molecule has 1 N–H and O–H groups in total. The molecule has 0 aromatic heterocycles. The maximum Gasteiger partial charge on any atom is 0.241 e. The highest BCUT2D eigenvalue weighted by atomic mass is 16.2. The number of carbonyl (C=O) groups excluding carboxylic acids is 2. The van der Waals surface area contributed by atoms with E-state index in [-0.39, 0.29) is 23.9 Å². The van der Waals surface area contributed by atoms with Crippen LogP contribution in [0, 0.1) is 5.92 Å². The van der Waals surface area contributed by atoms with E-state index >= 15 is 0 Å².